The van der Waals surface area contributed by atoms with Gasteiger partial charge in [0.1, 0.15) is 30.5 Å². The zero-order valence-corrected chi connectivity index (χ0v) is 17.1. The smallest absolute Gasteiger partial charge is 0.148 e. The van der Waals surface area contributed by atoms with Gasteiger partial charge in [0.2, 0.25) is 0 Å². The highest BCUT2D eigenvalue weighted by molar-refractivity contribution is 6.32. The number of hydrogen-bond acceptors (Lipinski definition) is 3. The number of benzene rings is 3. The van der Waals surface area contributed by atoms with E-state index in [4.69, 9.17) is 26.1 Å². The first kappa shape index (κ1) is 19.3. The van der Waals surface area contributed by atoms with Crippen molar-refractivity contribution in [3.05, 3.63) is 89.2 Å². The summed E-state index contributed by atoms with van der Waals surface area (Å²) in [4.78, 5) is 4.75. The van der Waals surface area contributed by atoms with Crippen molar-refractivity contribution in [2.45, 2.75) is 26.5 Å². The highest BCUT2D eigenvalue weighted by Crippen LogP contribution is 2.25. The lowest BCUT2D eigenvalue weighted by Crippen LogP contribution is -2.13. The van der Waals surface area contributed by atoms with E-state index in [0.717, 1.165) is 29.0 Å². The Labute approximate surface area is 175 Å². The van der Waals surface area contributed by atoms with Crippen LogP contribution >= 0.6 is 11.6 Å². The summed E-state index contributed by atoms with van der Waals surface area (Å²) in [5, 5.41) is 0.592. The minimum atomic E-state index is 0.337. The molecule has 0 saturated heterocycles. The normalized spacial score (nSPS) is 11.0. The molecule has 4 aromatic rings. The summed E-state index contributed by atoms with van der Waals surface area (Å²) in [6, 6.07) is 23.8. The van der Waals surface area contributed by atoms with E-state index in [9.17, 15) is 0 Å². The Hall–Kier alpha value is -2.98. The van der Waals surface area contributed by atoms with Crippen LogP contribution in [0.15, 0.2) is 72.8 Å². The van der Waals surface area contributed by atoms with Crippen molar-refractivity contribution < 1.29 is 9.47 Å². The Morgan fingerprint density at radius 2 is 1.66 bits per heavy atom. The molecule has 0 atom stereocenters. The summed E-state index contributed by atoms with van der Waals surface area (Å²) in [5.74, 6) is 2.37. The topological polar surface area (TPSA) is 36.3 Å². The van der Waals surface area contributed by atoms with Crippen molar-refractivity contribution in [1.29, 1.82) is 0 Å². The standard InChI is InChI=1S/C24H23ClN2O2/c1-2-18-11-13-19(14-12-18)28-16-15-27-22-9-5-4-8-21(22)26-24(27)17-29-23-10-6-3-7-20(23)25/h3-14H,2,15-17H2,1H3. The molecule has 4 nitrogen and oxygen atoms in total. The third-order valence-corrected chi connectivity index (χ3v) is 5.15. The van der Waals surface area contributed by atoms with Gasteiger partial charge >= 0.3 is 0 Å². The first-order valence-corrected chi connectivity index (χ1v) is 10.2. The molecule has 0 saturated carbocycles. The first-order valence-electron chi connectivity index (χ1n) is 9.78. The average molecular weight is 407 g/mol. The molecule has 5 heteroatoms. The predicted octanol–water partition coefficient (Wildman–Crippen LogP) is 5.91. The first-order chi connectivity index (χ1) is 14.2. The molecule has 0 bridgehead atoms. The highest BCUT2D eigenvalue weighted by Gasteiger charge is 2.12. The lowest BCUT2D eigenvalue weighted by molar-refractivity contribution is 0.272. The molecule has 3 aromatic carbocycles. The third kappa shape index (κ3) is 4.54. The lowest BCUT2D eigenvalue weighted by Gasteiger charge is -2.12. The number of rotatable bonds is 8. The van der Waals surface area contributed by atoms with Crippen LogP contribution in [0.1, 0.15) is 18.3 Å². The van der Waals surface area contributed by atoms with Crippen LogP contribution in [0.2, 0.25) is 5.02 Å². The second kappa shape index (κ2) is 9.01. The van der Waals surface area contributed by atoms with Crippen molar-refractivity contribution in [3.63, 3.8) is 0 Å². The van der Waals surface area contributed by atoms with E-state index in [1.54, 1.807) is 0 Å². The molecule has 1 heterocycles. The minimum absolute atomic E-state index is 0.337. The van der Waals surface area contributed by atoms with Gasteiger partial charge in [-0.05, 0) is 48.4 Å². The number of halogens is 1. The van der Waals surface area contributed by atoms with Crippen molar-refractivity contribution in [3.8, 4) is 11.5 Å². The van der Waals surface area contributed by atoms with Gasteiger partial charge in [0.25, 0.3) is 0 Å². The fourth-order valence-electron chi connectivity index (χ4n) is 3.27. The van der Waals surface area contributed by atoms with Crippen LogP contribution in [0, 0.1) is 0 Å². The van der Waals surface area contributed by atoms with E-state index in [2.05, 4.69) is 29.7 Å². The van der Waals surface area contributed by atoms with Crippen LogP contribution in [0.3, 0.4) is 0 Å². The Kier molecular flexibility index (Phi) is 6.01. The van der Waals surface area contributed by atoms with E-state index < -0.39 is 0 Å². The van der Waals surface area contributed by atoms with Crippen LogP contribution < -0.4 is 9.47 Å². The van der Waals surface area contributed by atoms with Crippen molar-refractivity contribution in [1.82, 2.24) is 9.55 Å². The quantitative estimate of drug-likeness (QED) is 0.365. The van der Waals surface area contributed by atoms with Gasteiger partial charge < -0.3 is 14.0 Å². The second-order valence-electron chi connectivity index (χ2n) is 6.73. The average Bonchev–Trinajstić information content (AvgIpc) is 3.11. The van der Waals surface area contributed by atoms with Crippen molar-refractivity contribution in [2.24, 2.45) is 0 Å². The number of nitrogens with zero attached hydrogens (tertiary/aromatic N) is 2. The molecule has 0 aliphatic rings. The molecule has 29 heavy (non-hydrogen) atoms. The summed E-state index contributed by atoms with van der Waals surface area (Å²) in [5.41, 5.74) is 3.31. The number of aryl methyl sites for hydroxylation is 1. The molecule has 4 rings (SSSR count). The molecule has 0 fully saturated rings. The van der Waals surface area contributed by atoms with Gasteiger partial charge in [-0.25, -0.2) is 4.98 Å². The molecule has 0 unspecified atom stereocenters. The maximum absolute atomic E-state index is 6.21. The zero-order valence-electron chi connectivity index (χ0n) is 16.3. The van der Waals surface area contributed by atoms with Crippen molar-refractivity contribution >= 4 is 22.6 Å². The molecular weight excluding hydrogens is 384 g/mol. The summed E-state index contributed by atoms with van der Waals surface area (Å²) in [6.07, 6.45) is 1.02. The van der Waals surface area contributed by atoms with Crippen LogP contribution in [-0.2, 0) is 19.6 Å². The number of para-hydroxylation sites is 3. The predicted molar refractivity (Wildman–Crippen MR) is 117 cm³/mol. The van der Waals surface area contributed by atoms with Gasteiger partial charge in [-0.1, -0.05) is 54.9 Å². The summed E-state index contributed by atoms with van der Waals surface area (Å²) >= 11 is 6.21. The van der Waals surface area contributed by atoms with Gasteiger partial charge in [0.05, 0.1) is 22.6 Å². The number of imidazole rings is 1. The fraction of sp³-hybridized carbons (Fsp3) is 0.208. The Balaban J connectivity index is 1.49. The van der Waals surface area contributed by atoms with Gasteiger partial charge in [-0.3, -0.25) is 0 Å². The molecule has 0 aliphatic carbocycles. The van der Waals surface area contributed by atoms with Gasteiger partial charge in [0, 0.05) is 0 Å². The molecule has 0 N–H and O–H groups in total. The monoisotopic (exact) mass is 406 g/mol. The molecule has 148 valence electrons. The van der Waals surface area contributed by atoms with Crippen LogP contribution in [0.4, 0.5) is 0 Å². The third-order valence-electron chi connectivity index (χ3n) is 4.84. The molecule has 1 aromatic heterocycles. The molecule has 0 amide bonds. The maximum Gasteiger partial charge on any atom is 0.148 e. The van der Waals surface area contributed by atoms with E-state index in [-0.39, 0.29) is 0 Å². The van der Waals surface area contributed by atoms with E-state index in [1.807, 2.05) is 54.6 Å². The van der Waals surface area contributed by atoms with Crippen LogP contribution in [0.5, 0.6) is 11.5 Å². The molecule has 0 radical (unpaired) electrons. The van der Waals surface area contributed by atoms with E-state index >= 15 is 0 Å². The number of hydrogen-bond donors (Lipinski definition) is 0. The molecule has 0 aliphatic heterocycles. The lowest BCUT2D eigenvalue weighted by atomic mass is 10.2. The second-order valence-corrected chi connectivity index (χ2v) is 7.14. The Morgan fingerprint density at radius 3 is 2.45 bits per heavy atom. The maximum atomic E-state index is 6.21. The highest BCUT2D eigenvalue weighted by atomic mass is 35.5. The summed E-state index contributed by atoms with van der Waals surface area (Å²) in [6.45, 7) is 3.71. The minimum Gasteiger partial charge on any atom is -0.492 e. The zero-order chi connectivity index (χ0) is 20.1. The summed E-state index contributed by atoms with van der Waals surface area (Å²) < 4.78 is 14.0. The number of fused-ring (bicyclic) bond motifs is 1. The van der Waals surface area contributed by atoms with Crippen LogP contribution in [-0.4, -0.2) is 16.2 Å². The SMILES string of the molecule is CCc1ccc(OCCn2c(COc3ccccc3Cl)nc3ccccc32)cc1. The van der Waals surface area contributed by atoms with Gasteiger partial charge in [0.15, 0.2) is 0 Å². The number of ether oxygens (including phenoxy) is 2. The number of aromatic nitrogens is 2. The Morgan fingerprint density at radius 1 is 0.897 bits per heavy atom. The van der Waals surface area contributed by atoms with Gasteiger partial charge in [-0.2, -0.15) is 0 Å². The molecular formula is C24H23ClN2O2. The summed E-state index contributed by atoms with van der Waals surface area (Å²) in [7, 11) is 0. The van der Waals surface area contributed by atoms with Gasteiger partial charge in [-0.15, -0.1) is 0 Å². The van der Waals surface area contributed by atoms with E-state index in [0.29, 0.717) is 30.5 Å². The Bertz CT molecular complexity index is 1090. The van der Waals surface area contributed by atoms with E-state index in [1.165, 1.54) is 5.56 Å². The van der Waals surface area contributed by atoms with Crippen molar-refractivity contribution in [2.75, 3.05) is 6.61 Å². The van der Waals surface area contributed by atoms with Crippen LogP contribution in [0.25, 0.3) is 11.0 Å². The molecule has 0 spiro atoms. The largest absolute Gasteiger partial charge is 0.492 e. The fourth-order valence-corrected chi connectivity index (χ4v) is 3.46.